The summed E-state index contributed by atoms with van der Waals surface area (Å²) in [6, 6.07) is 3.41. The highest BCUT2D eigenvalue weighted by atomic mass is 16.4. The van der Waals surface area contributed by atoms with Crippen LogP contribution in [0.15, 0.2) is 35.3 Å². The minimum Gasteiger partial charge on any atom is -0.480 e. The fraction of sp³-hybridized carbons (Fsp3) is 0.500. The average molecular weight is 551 g/mol. The smallest absolute Gasteiger partial charge is 0.326 e. The van der Waals surface area contributed by atoms with E-state index in [1.165, 1.54) is 6.92 Å². The van der Waals surface area contributed by atoms with Crippen LogP contribution in [0.4, 0.5) is 0 Å². The van der Waals surface area contributed by atoms with Crippen LogP contribution >= 0.6 is 0 Å². The topological polar surface area (TPSA) is 278 Å². The number of rotatable bonds is 17. The highest BCUT2D eigenvalue weighted by Gasteiger charge is 2.31. The number of amides is 4. The number of nitrogens with two attached hydrogens (primary N) is 4. The van der Waals surface area contributed by atoms with Crippen LogP contribution in [0.2, 0.25) is 0 Å². The van der Waals surface area contributed by atoms with Crippen LogP contribution in [0.1, 0.15) is 38.2 Å². The number of aliphatic hydroxyl groups excluding tert-OH is 1. The van der Waals surface area contributed by atoms with E-state index >= 15 is 0 Å². The lowest BCUT2D eigenvalue weighted by Gasteiger charge is -2.25. The van der Waals surface area contributed by atoms with Gasteiger partial charge in [0.15, 0.2) is 5.96 Å². The number of aliphatic imine (C=N–C) groups is 1. The van der Waals surface area contributed by atoms with E-state index in [9.17, 15) is 34.2 Å². The predicted octanol–water partition coefficient (Wildman–Crippen LogP) is -3.20. The zero-order valence-electron chi connectivity index (χ0n) is 21.7. The van der Waals surface area contributed by atoms with Crippen LogP contribution in [0.3, 0.4) is 0 Å². The molecule has 4 amide bonds. The Bertz CT molecular complexity index is 1010. The third-order valence-electron chi connectivity index (χ3n) is 5.61. The molecule has 0 aromatic heterocycles. The Morgan fingerprint density at radius 2 is 1.44 bits per heavy atom. The van der Waals surface area contributed by atoms with Gasteiger partial charge in [-0.3, -0.25) is 24.2 Å². The molecule has 13 N–H and O–H groups in total. The lowest BCUT2D eigenvalue weighted by molar-refractivity contribution is -0.142. The summed E-state index contributed by atoms with van der Waals surface area (Å²) >= 11 is 0. The number of aliphatic hydroxyl groups is 1. The van der Waals surface area contributed by atoms with E-state index in [0.717, 1.165) is 0 Å². The van der Waals surface area contributed by atoms with Crippen molar-refractivity contribution in [1.82, 2.24) is 16.0 Å². The van der Waals surface area contributed by atoms with Gasteiger partial charge in [-0.05, 0) is 31.7 Å². The molecular weight excluding hydrogens is 512 g/mol. The summed E-state index contributed by atoms with van der Waals surface area (Å²) in [5.74, 6) is -4.66. The Morgan fingerprint density at radius 3 is 1.97 bits per heavy atom. The van der Waals surface area contributed by atoms with Crippen molar-refractivity contribution in [2.75, 3.05) is 6.54 Å². The number of primary amides is 1. The number of nitrogens with one attached hydrogen (secondary N) is 3. The molecule has 0 fully saturated rings. The predicted molar refractivity (Wildman–Crippen MR) is 142 cm³/mol. The van der Waals surface area contributed by atoms with E-state index < -0.39 is 59.9 Å². The number of carbonyl (C=O) groups is 5. The van der Waals surface area contributed by atoms with Gasteiger partial charge < -0.3 is 49.1 Å². The van der Waals surface area contributed by atoms with E-state index in [2.05, 4.69) is 20.9 Å². The van der Waals surface area contributed by atoms with Crippen molar-refractivity contribution in [3.8, 4) is 0 Å². The number of nitrogens with zero attached hydrogens (tertiary/aromatic N) is 1. The second kappa shape index (κ2) is 16.6. The molecule has 0 spiro atoms. The molecule has 0 aliphatic heterocycles. The molecule has 0 aliphatic carbocycles. The molecule has 1 rings (SSSR count). The summed E-state index contributed by atoms with van der Waals surface area (Å²) in [5, 5.41) is 26.5. The largest absolute Gasteiger partial charge is 0.480 e. The molecule has 39 heavy (non-hydrogen) atoms. The highest BCUT2D eigenvalue weighted by molar-refractivity contribution is 5.94. The average Bonchev–Trinajstić information content (AvgIpc) is 2.87. The molecule has 5 unspecified atom stereocenters. The van der Waals surface area contributed by atoms with Crippen LogP contribution in [0, 0.1) is 0 Å². The summed E-state index contributed by atoms with van der Waals surface area (Å²) in [6.07, 6.45) is -1.44. The maximum Gasteiger partial charge on any atom is 0.326 e. The van der Waals surface area contributed by atoms with Gasteiger partial charge in [-0.15, -0.1) is 0 Å². The summed E-state index contributed by atoms with van der Waals surface area (Å²) in [6.45, 7) is 1.45. The monoisotopic (exact) mass is 550 g/mol. The molecular formula is C24H38N8O7. The number of carbonyl (C=O) groups excluding carboxylic acids is 4. The first-order chi connectivity index (χ1) is 18.3. The van der Waals surface area contributed by atoms with Crippen LogP contribution in [0.5, 0.6) is 0 Å². The van der Waals surface area contributed by atoms with E-state index in [1.54, 1.807) is 30.3 Å². The molecule has 0 aliphatic rings. The van der Waals surface area contributed by atoms with Gasteiger partial charge in [-0.25, -0.2) is 4.79 Å². The van der Waals surface area contributed by atoms with Gasteiger partial charge in [-0.1, -0.05) is 30.3 Å². The fourth-order valence-electron chi connectivity index (χ4n) is 3.41. The summed E-state index contributed by atoms with van der Waals surface area (Å²) in [7, 11) is 0. The van der Waals surface area contributed by atoms with Crippen LogP contribution in [0.25, 0.3) is 0 Å². The molecule has 0 saturated carbocycles. The van der Waals surface area contributed by atoms with E-state index in [-0.39, 0.29) is 44.6 Å². The van der Waals surface area contributed by atoms with Crippen molar-refractivity contribution in [3.05, 3.63) is 35.9 Å². The molecule has 15 heteroatoms. The third-order valence-corrected chi connectivity index (χ3v) is 5.61. The zero-order chi connectivity index (χ0) is 29.5. The number of hydrogen-bond acceptors (Lipinski definition) is 8. The molecule has 0 radical (unpaired) electrons. The standard InChI is InChI=1S/C24H38N8O7/c1-13(33)19(26)22(37)30-15(9-10-18(25)34)20(35)32-17(12-14-6-3-2-4-7-14)21(36)31-16(23(38)39)8-5-11-29-24(27)28/h2-4,6-7,13,15-17,19,33H,5,8-12,26H2,1H3,(H2,25,34)(H,30,37)(H,31,36)(H,32,35)(H,38,39)(H4,27,28,29). The number of carboxylic acid groups (broad SMARTS) is 1. The zero-order valence-corrected chi connectivity index (χ0v) is 21.7. The van der Waals surface area contributed by atoms with Gasteiger partial charge >= 0.3 is 5.97 Å². The second-order valence-corrected chi connectivity index (χ2v) is 8.93. The molecule has 1 aromatic carbocycles. The van der Waals surface area contributed by atoms with E-state index in [0.29, 0.717) is 5.56 Å². The third kappa shape index (κ3) is 12.7. The number of hydrogen-bond donors (Lipinski definition) is 9. The molecule has 0 heterocycles. The van der Waals surface area contributed by atoms with E-state index in [4.69, 9.17) is 22.9 Å². The van der Waals surface area contributed by atoms with Crippen LogP contribution < -0.4 is 38.9 Å². The molecule has 0 saturated heterocycles. The molecule has 1 aromatic rings. The molecule has 216 valence electrons. The molecule has 15 nitrogen and oxygen atoms in total. The quantitative estimate of drug-likeness (QED) is 0.0531. The van der Waals surface area contributed by atoms with E-state index in [1.807, 2.05) is 0 Å². The first-order valence-electron chi connectivity index (χ1n) is 12.3. The fourth-order valence-corrected chi connectivity index (χ4v) is 3.41. The normalized spacial score (nSPS) is 14.5. The minimum absolute atomic E-state index is 0.0115. The van der Waals surface area contributed by atoms with Gasteiger partial charge in [0.25, 0.3) is 0 Å². The summed E-state index contributed by atoms with van der Waals surface area (Å²) in [5.41, 5.74) is 22.0. The number of guanidine groups is 1. The first-order valence-corrected chi connectivity index (χ1v) is 12.3. The lowest BCUT2D eigenvalue weighted by atomic mass is 10.0. The van der Waals surface area contributed by atoms with Gasteiger partial charge in [-0.2, -0.15) is 0 Å². The lowest BCUT2D eigenvalue weighted by Crippen LogP contribution is -2.58. The van der Waals surface area contributed by atoms with Crippen molar-refractivity contribution >= 4 is 35.6 Å². The van der Waals surface area contributed by atoms with Gasteiger partial charge in [0.05, 0.1) is 6.10 Å². The highest BCUT2D eigenvalue weighted by Crippen LogP contribution is 2.08. The van der Waals surface area contributed by atoms with Gasteiger partial charge in [0.1, 0.15) is 24.2 Å². The SMILES string of the molecule is CC(O)C(N)C(=O)NC(CCC(N)=O)C(=O)NC(Cc1ccccc1)C(=O)NC(CCCN=C(N)N)C(=O)O. The first kappa shape index (κ1) is 32.8. The number of aliphatic carboxylic acids is 1. The summed E-state index contributed by atoms with van der Waals surface area (Å²) in [4.78, 5) is 65.6. The Morgan fingerprint density at radius 1 is 0.872 bits per heavy atom. The van der Waals surface area contributed by atoms with Crippen molar-refractivity contribution in [1.29, 1.82) is 0 Å². The van der Waals surface area contributed by atoms with Crippen LogP contribution in [-0.4, -0.2) is 82.6 Å². The van der Waals surface area contributed by atoms with Crippen molar-refractivity contribution in [2.45, 2.75) is 69.3 Å². The van der Waals surface area contributed by atoms with Crippen LogP contribution in [-0.2, 0) is 30.4 Å². The number of benzene rings is 1. The Balaban J connectivity index is 3.12. The van der Waals surface area contributed by atoms with Gasteiger partial charge in [0.2, 0.25) is 23.6 Å². The second-order valence-electron chi connectivity index (χ2n) is 8.93. The molecule has 0 bridgehead atoms. The van der Waals surface area contributed by atoms with Crippen molar-refractivity contribution in [3.63, 3.8) is 0 Å². The minimum atomic E-state index is -1.35. The summed E-state index contributed by atoms with van der Waals surface area (Å²) < 4.78 is 0. The Labute approximate surface area is 225 Å². The van der Waals surface area contributed by atoms with Gasteiger partial charge in [0, 0.05) is 19.4 Å². The maximum absolute atomic E-state index is 13.2. The maximum atomic E-state index is 13.2. The van der Waals surface area contributed by atoms with Crippen molar-refractivity contribution < 1.29 is 34.2 Å². The van der Waals surface area contributed by atoms with Crippen molar-refractivity contribution in [2.24, 2.45) is 27.9 Å². The molecule has 5 atom stereocenters. The Hall–Kier alpha value is -4.24. The Kier molecular flexibility index (Phi) is 13.9. The number of carboxylic acids is 1.